The van der Waals surface area contributed by atoms with Crippen molar-refractivity contribution in [3.05, 3.63) is 0 Å². The molecule has 0 aliphatic carbocycles. The van der Waals surface area contributed by atoms with Gasteiger partial charge in [0, 0.05) is 20.1 Å². The van der Waals surface area contributed by atoms with Crippen molar-refractivity contribution in [2.45, 2.75) is 46.6 Å². The van der Waals surface area contributed by atoms with Crippen LogP contribution in [0.3, 0.4) is 0 Å². The quantitative estimate of drug-likeness (QED) is 0.560. The van der Waals surface area contributed by atoms with E-state index in [4.69, 9.17) is 5.11 Å². The molecule has 0 saturated heterocycles. The van der Waals surface area contributed by atoms with Gasteiger partial charge in [-0.05, 0) is 24.7 Å². The van der Waals surface area contributed by atoms with Crippen molar-refractivity contribution in [1.29, 1.82) is 0 Å². The van der Waals surface area contributed by atoms with Crippen LogP contribution in [-0.4, -0.2) is 36.1 Å². The van der Waals surface area contributed by atoms with Crippen molar-refractivity contribution in [2.75, 3.05) is 13.2 Å². The lowest BCUT2D eigenvalue weighted by Crippen LogP contribution is -2.49. The zero-order valence-electron chi connectivity index (χ0n) is 11.8. The molecule has 0 heterocycles. The predicted molar refractivity (Wildman–Crippen MR) is 70.9 cm³/mol. The van der Waals surface area contributed by atoms with E-state index >= 15 is 0 Å². The largest absolute Gasteiger partial charge is 0.396 e. The Morgan fingerprint density at radius 2 is 1.83 bits per heavy atom. The molecule has 2 atom stereocenters. The molecule has 0 aliphatic rings. The molecule has 0 aromatic heterocycles. The van der Waals surface area contributed by atoms with Crippen LogP contribution >= 0.6 is 0 Å². The Balaban J connectivity index is 4.00. The summed E-state index contributed by atoms with van der Waals surface area (Å²) in [5.41, 5.74) is 0. The second-order valence-electron chi connectivity index (χ2n) is 5.14. The number of carbonyl (C=O) groups is 2. The highest BCUT2D eigenvalue weighted by molar-refractivity contribution is 5.86. The SMILES string of the molecule is CC(=O)NC(C(=O)NCCCC(C)CO)C(C)C. The Morgan fingerprint density at radius 3 is 2.28 bits per heavy atom. The fourth-order valence-electron chi connectivity index (χ4n) is 1.62. The second-order valence-corrected chi connectivity index (χ2v) is 5.14. The third-order valence-corrected chi connectivity index (χ3v) is 2.79. The number of aliphatic hydroxyl groups is 1. The van der Waals surface area contributed by atoms with Crippen LogP contribution in [0.2, 0.25) is 0 Å². The van der Waals surface area contributed by atoms with Crippen LogP contribution in [0.25, 0.3) is 0 Å². The normalized spacial score (nSPS) is 14.1. The molecule has 0 saturated carbocycles. The highest BCUT2D eigenvalue weighted by Gasteiger charge is 2.22. The fourth-order valence-corrected chi connectivity index (χ4v) is 1.62. The smallest absolute Gasteiger partial charge is 0.242 e. The van der Waals surface area contributed by atoms with Crippen LogP contribution in [0, 0.1) is 11.8 Å². The molecule has 0 spiro atoms. The van der Waals surface area contributed by atoms with E-state index in [1.54, 1.807) is 0 Å². The van der Waals surface area contributed by atoms with Crippen molar-refractivity contribution >= 4 is 11.8 Å². The molecule has 2 unspecified atom stereocenters. The van der Waals surface area contributed by atoms with Crippen molar-refractivity contribution < 1.29 is 14.7 Å². The van der Waals surface area contributed by atoms with E-state index in [-0.39, 0.29) is 30.3 Å². The summed E-state index contributed by atoms with van der Waals surface area (Å²) < 4.78 is 0. The Kier molecular flexibility index (Phi) is 8.37. The van der Waals surface area contributed by atoms with Crippen molar-refractivity contribution in [2.24, 2.45) is 11.8 Å². The van der Waals surface area contributed by atoms with Crippen LogP contribution in [0.4, 0.5) is 0 Å². The number of nitrogens with one attached hydrogen (secondary N) is 2. The highest BCUT2D eigenvalue weighted by Crippen LogP contribution is 2.04. The number of carbonyl (C=O) groups excluding carboxylic acids is 2. The lowest BCUT2D eigenvalue weighted by molar-refractivity contribution is -0.129. The molecule has 3 N–H and O–H groups in total. The number of hydrogen-bond donors (Lipinski definition) is 3. The number of amides is 2. The van der Waals surface area contributed by atoms with Gasteiger partial charge in [-0.1, -0.05) is 20.8 Å². The zero-order chi connectivity index (χ0) is 14.1. The number of aliphatic hydroxyl groups excluding tert-OH is 1. The molecule has 0 bridgehead atoms. The van der Waals surface area contributed by atoms with Crippen molar-refractivity contribution in [1.82, 2.24) is 10.6 Å². The van der Waals surface area contributed by atoms with Crippen LogP contribution in [0.1, 0.15) is 40.5 Å². The monoisotopic (exact) mass is 258 g/mol. The first kappa shape index (κ1) is 16.9. The number of hydrogen-bond acceptors (Lipinski definition) is 3. The van der Waals surface area contributed by atoms with E-state index in [1.165, 1.54) is 6.92 Å². The Hall–Kier alpha value is -1.10. The van der Waals surface area contributed by atoms with Gasteiger partial charge in [-0.2, -0.15) is 0 Å². The fraction of sp³-hybridized carbons (Fsp3) is 0.846. The maximum absolute atomic E-state index is 11.9. The van der Waals surface area contributed by atoms with Gasteiger partial charge in [-0.15, -0.1) is 0 Å². The summed E-state index contributed by atoms with van der Waals surface area (Å²) in [6.07, 6.45) is 1.71. The molecule has 0 fully saturated rings. The van der Waals surface area contributed by atoms with Crippen LogP contribution in [0.5, 0.6) is 0 Å². The first-order chi connectivity index (χ1) is 8.38. The van der Waals surface area contributed by atoms with Gasteiger partial charge in [0.15, 0.2) is 0 Å². The Morgan fingerprint density at radius 1 is 1.22 bits per heavy atom. The summed E-state index contributed by atoms with van der Waals surface area (Å²) >= 11 is 0. The first-order valence-corrected chi connectivity index (χ1v) is 6.54. The van der Waals surface area contributed by atoms with E-state index in [9.17, 15) is 9.59 Å². The summed E-state index contributed by atoms with van der Waals surface area (Å²) in [5, 5.41) is 14.3. The average molecular weight is 258 g/mol. The molecule has 5 nitrogen and oxygen atoms in total. The second kappa shape index (κ2) is 8.91. The molecule has 0 aliphatic heterocycles. The van der Waals surface area contributed by atoms with Crippen LogP contribution in [-0.2, 0) is 9.59 Å². The summed E-state index contributed by atoms with van der Waals surface area (Å²) in [6.45, 7) is 7.92. The lowest BCUT2D eigenvalue weighted by Gasteiger charge is -2.21. The van der Waals surface area contributed by atoms with Gasteiger partial charge in [0.05, 0.1) is 0 Å². The minimum Gasteiger partial charge on any atom is -0.396 e. The molecule has 106 valence electrons. The van der Waals surface area contributed by atoms with Crippen LogP contribution < -0.4 is 10.6 Å². The van der Waals surface area contributed by atoms with Gasteiger partial charge in [0.25, 0.3) is 0 Å². The van der Waals surface area contributed by atoms with Gasteiger partial charge in [-0.25, -0.2) is 0 Å². The molecule has 2 amide bonds. The zero-order valence-corrected chi connectivity index (χ0v) is 11.8. The summed E-state index contributed by atoms with van der Waals surface area (Å²) in [4.78, 5) is 22.9. The maximum atomic E-state index is 11.9. The van der Waals surface area contributed by atoms with Gasteiger partial charge >= 0.3 is 0 Å². The molecule has 0 aromatic carbocycles. The lowest BCUT2D eigenvalue weighted by atomic mass is 10.0. The molecular weight excluding hydrogens is 232 g/mol. The van der Waals surface area contributed by atoms with Gasteiger partial charge in [0.1, 0.15) is 6.04 Å². The molecule has 0 radical (unpaired) electrons. The third kappa shape index (κ3) is 7.27. The minimum absolute atomic E-state index is 0.0604. The van der Waals surface area contributed by atoms with Crippen molar-refractivity contribution in [3.8, 4) is 0 Å². The van der Waals surface area contributed by atoms with E-state index in [0.717, 1.165) is 12.8 Å². The molecule has 0 rings (SSSR count). The number of rotatable bonds is 8. The Labute approximate surface area is 109 Å². The minimum atomic E-state index is -0.474. The van der Waals surface area contributed by atoms with E-state index in [1.807, 2.05) is 20.8 Å². The van der Waals surface area contributed by atoms with Gasteiger partial charge < -0.3 is 15.7 Å². The molecule has 5 heteroatoms. The van der Waals surface area contributed by atoms with Crippen LogP contribution in [0.15, 0.2) is 0 Å². The maximum Gasteiger partial charge on any atom is 0.242 e. The van der Waals surface area contributed by atoms with Gasteiger partial charge in [0.2, 0.25) is 11.8 Å². The molecule has 0 aromatic rings. The van der Waals surface area contributed by atoms with E-state index < -0.39 is 6.04 Å². The summed E-state index contributed by atoms with van der Waals surface area (Å²) in [7, 11) is 0. The summed E-state index contributed by atoms with van der Waals surface area (Å²) in [6, 6.07) is -0.474. The molecular formula is C13H26N2O3. The van der Waals surface area contributed by atoms with Gasteiger partial charge in [-0.3, -0.25) is 9.59 Å². The van der Waals surface area contributed by atoms with Crippen molar-refractivity contribution in [3.63, 3.8) is 0 Å². The van der Waals surface area contributed by atoms with E-state index in [0.29, 0.717) is 6.54 Å². The Bertz CT molecular complexity index is 267. The van der Waals surface area contributed by atoms with E-state index in [2.05, 4.69) is 10.6 Å². The predicted octanol–water partition coefficient (Wildman–Crippen LogP) is 0.672. The summed E-state index contributed by atoms with van der Waals surface area (Å²) in [5.74, 6) is -0.0157. The topological polar surface area (TPSA) is 78.4 Å². The first-order valence-electron chi connectivity index (χ1n) is 6.54. The average Bonchev–Trinajstić information content (AvgIpc) is 2.30. The third-order valence-electron chi connectivity index (χ3n) is 2.79. The standard InChI is InChI=1S/C13H26N2O3/c1-9(2)12(15-11(4)17)13(18)14-7-5-6-10(3)8-16/h9-10,12,16H,5-8H2,1-4H3,(H,14,18)(H,15,17). The highest BCUT2D eigenvalue weighted by atomic mass is 16.3. The molecule has 18 heavy (non-hydrogen) atoms.